The lowest BCUT2D eigenvalue weighted by Gasteiger charge is -2.25. The van der Waals surface area contributed by atoms with Gasteiger partial charge in [-0.3, -0.25) is 24.1 Å². The Balaban J connectivity index is 2.14. The molecule has 0 saturated heterocycles. The van der Waals surface area contributed by atoms with Crippen LogP contribution in [-0.4, -0.2) is 27.0 Å². The Hall–Kier alpha value is -3.42. The van der Waals surface area contributed by atoms with Crippen molar-refractivity contribution in [3.05, 3.63) is 62.9 Å². The first-order chi connectivity index (χ1) is 15.0. The second-order valence-corrected chi connectivity index (χ2v) is 7.54. The maximum absolute atomic E-state index is 13.7. The number of nitrogen functional groups attached to an aromatic ring is 1. The molecule has 0 aliphatic carbocycles. The Morgan fingerprint density at radius 1 is 1.10 bits per heavy atom. The summed E-state index contributed by atoms with van der Waals surface area (Å²) in [4.78, 5) is 46.9. The highest BCUT2D eigenvalue weighted by molar-refractivity contribution is 6.14. The summed E-state index contributed by atoms with van der Waals surface area (Å²) in [5, 5.41) is 0.699. The summed E-state index contributed by atoms with van der Waals surface area (Å²) >= 11 is 0. The molecule has 1 aromatic carbocycles. The summed E-state index contributed by atoms with van der Waals surface area (Å²) in [6.45, 7) is 4.76. The van der Waals surface area contributed by atoms with Gasteiger partial charge in [-0.15, -0.1) is 0 Å². The number of anilines is 2. The van der Waals surface area contributed by atoms with E-state index in [4.69, 9.17) is 5.73 Å². The maximum atomic E-state index is 13.7. The number of aromatic nitrogens is 3. The molecule has 0 radical (unpaired) electrons. The SMILES string of the molecule is CCCCCN(C(=O)c1cccc2ncccc12)c1c(N)n(CCCC)c(=O)[nH]c1=O. The van der Waals surface area contributed by atoms with Crippen LogP contribution in [0.1, 0.15) is 56.3 Å². The van der Waals surface area contributed by atoms with Crippen molar-refractivity contribution in [3.63, 3.8) is 0 Å². The molecule has 0 atom stereocenters. The number of nitrogens with one attached hydrogen (secondary N) is 1. The van der Waals surface area contributed by atoms with Crippen LogP contribution in [0.25, 0.3) is 10.9 Å². The van der Waals surface area contributed by atoms with Gasteiger partial charge in [0.25, 0.3) is 11.5 Å². The summed E-state index contributed by atoms with van der Waals surface area (Å²) in [6, 6.07) is 8.92. The number of benzene rings is 1. The molecule has 2 heterocycles. The lowest BCUT2D eigenvalue weighted by Crippen LogP contribution is -2.41. The van der Waals surface area contributed by atoms with Gasteiger partial charge < -0.3 is 10.6 Å². The first-order valence-corrected chi connectivity index (χ1v) is 10.8. The van der Waals surface area contributed by atoms with Crippen molar-refractivity contribution in [2.24, 2.45) is 0 Å². The molecule has 0 aliphatic heterocycles. The molecule has 31 heavy (non-hydrogen) atoms. The topological polar surface area (TPSA) is 114 Å². The van der Waals surface area contributed by atoms with Crippen molar-refractivity contribution in [2.75, 3.05) is 17.2 Å². The van der Waals surface area contributed by atoms with E-state index in [1.807, 2.05) is 19.1 Å². The molecule has 0 aliphatic rings. The highest BCUT2D eigenvalue weighted by atomic mass is 16.2. The van der Waals surface area contributed by atoms with Crippen LogP contribution >= 0.6 is 0 Å². The van der Waals surface area contributed by atoms with Gasteiger partial charge in [0.15, 0.2) is 5.69 Å². The number of nitrogens with zero attached hydrogens (tertiary/aromatic N) is 3. The molecule has 2 aromatic heterocycles. The smallest absolute Gasteiger partial charge is 0.330 e. The van der Waals surface area contributed by atoms with Crippen LogP contribution in [0.3, 0.4) is 0 Å². The first kappa shape index (κ1) is 22.3. The number of aromatic amines is 1. The second-order valence-electron chi connectivity index (χ2n) is 7.54. The largest absolute Gasteiger partial charge is 0.383 e. The second kappa shape index (κ2) is 10.1. The zero-order valence-electron chi connectivity index (χ0n) is 18.1. The Morgan fingerprint density at radius 3 is 2.61 bits per heavy atom. The van der Waals surface area contributed by atoms with Crippen LogP contribution in [0.5, 0.6) is 0 Å². The Kier molecular flexibility index (Phi) is 7.23. The molecule has 8 heteroatoms. The van der Waals surface area contributed by atoms with E-state index >= 15 is 0 Å². The molecule has 8 nitrogen and oxygen atoms in total. The van der Waals surface area contributed by atoms with Gasteiger partial charge in [0.05, 0.1) is 5.52 Å². The van der Waals surface area contributed by atoms with Crippen LogP contribution in [0, 0.1) is 0 Å². The van der Waals surface area contributed by atoms with Gasteiger partial charge in [-0.2, -0.15) is 0 Å². The molecule has 164 valence electrons. The predicted molar refractivity (Wildman–Crippen MR) is 124 cm³/mol. The van der Waals surface area contributed by atoms with Gasteiger partial charge >= 0.3 is 5.69 Å². The summed E-state index contributed by atoms with van der Waals surface area (Å²) in [6.07, 6.45) is 5.83. The summed E-state index contributed by atoms with van der Waals surface area (Å²) < 4.78 is 1.34. The van der Waals surface area contributed by atoms with Crippen molar-refractivity contribution < 1.29 is 4.79 Å². The molecule has 0 fully saturated rings. The lowest BCUT2D eigenvalue weighted by atomic mass is 10.1. The number of pyridine rings is 1. The minimum absolute atomic E-state index is 0.0189. The number of unbranched alkanes of at least 4 members (excludes halogenated alkanes) is 3. The van der Waals surface area contributed by atoms with Gasteiger partial charge in [0.1, 0.15) is 5.82 Å². The number of carbonyl (C=O) groups excluding carboxylic acids is 1. The fourth-order valence-electron chi connectivity index (χ4n) is 3.65. The molecule has 3 rings (SSSR count). The molecule has 3 aromatic rings. The Labute approximate surface area is 180 Å². The van der Waals surface area contributed by atoms with Crippen molar-refractivity contribution in [2.45, 2.75) is 52.5 Å². The third kappa shape index (κ3) is 4.68. The van der Waals surface area contributed by atoms with Gasteiger partial charge in [0, 0.05) is 30.2 Å². The highest BCUT2D eigenvalue weighted by Crippen LogP contribution is 2.24. The number of carbonyl (C=O) groups is 1. The number of hydrogen-bond donors (Lipinski definition) is 2. The van der Waals surface area contributed by atoms with E-state index in [0.717, 1.165) is 25.7 Å². The van der Waals surface area contributed by atoms with E-state index in [1.54, 1.807) is 24.4 Å². The van der Waals surface area contributed by atoms with Crippen molar-refractivity contribution in [1.82, 2.24) is 14.5 Å². The van der Waals surface area contributed by atoms with E-state index in [0.29, 0.717) is 36.0 Å². The molecule has 0 unspecified atom stereocenters. The number of fused-ring (bicyclic) bond motifs is 1. The van der Waals surface area contributed by atoms with E-state index < -0.39 is 11.2 Å². The number of rotatable bonds is 9. The van der Waals surface area contributed by atoms with E-state index in [9.17, 15) is 14.4 Å². The monoisotopic (exact) mass is 423 g/mol. The number of hydrogen-bond acceptors (Lipinski definition) is 5. The van der Waals surface area contributed by atoms with Crippen LogP contribution < -0.4 is 21.9 Å². The van der Waals surface area contributed by atoms with E-state index in [1.165, 1.54) is 9.47 Å². The van der Waals surface area contributed by atoms with Crippen LogP contribution in [0.2, 0.25) is 0 Å². The van der Waals surface area contributed by atoms with Crippen LogP contribution in [0.4, 0.5) is 11.5 Å². The van der Waals surface area contributed by atoms with Crippen molar-refractivity contribution >= 4 is 28.3 Å². The van der Waals surface area contributed by atoms with Gasteiger partial charge in [-0.1, -0.05) is 45.2 Å². The first-order valence-electron chi connectivity index (χ1n) is 10.8. The number of amides is 1. The zero-order valence-corrected chi connectivity index (χ0v) is 18.1. The van der Waals surface area contributed by atoms with E-state index in [-0.39, 0.29) is 17.4 Å². The maximum Gasteiger partial charge on any atom is 0.330 e. The van der Waals surface area contributed by atoms with Crippen LogP contribution in [-0.2, 0) is 6.54 Å². The quantitative estimate of drug-likeness (QED) is 0.513. The third-order valence-corrected chi connectivity index (χ3v) is 5.33. The fourth-order valence-corrected chi connectivity index (χ4v) is 3.65. The normalized spacial score (nSPS) is 11.0. The summed E-state index contributed by atoms with van der Waals surface area (Å²) in [5.74, 6) is -0.321. The average molecular weight is 424 g/mol. The van der Waals surface area contributed by atoms with Gasteiger partial charge in [-0.25, -0.2) is 4.79 Å². The highest BCUT2D eigenvalue weighted by Gasteiger charge is 2.26. The number of nitrogens with two attached hydrogens (primary N) is 1. The summed E-state index contributed by atoms with van der Waals surface area (Å²) in [5.41, 5.74) is 6.24. The molecule has 1 amide bonds. The molecular formula is C23H29N5O3. The van der Waals surface area contributed by atoms with Crippen LogP contribution in [0.15, 0.2) is 46.1 Å². The summed E-state index contributed by atoms with van der Waals surface area (Å²) in [7, 11) is 0. The van der Waals surface area contributed by atoms with Crippen molar-refractivity contribution in [3.8, 4) is 0 Å². The fraction of sp³-hybridized carbons (Fsp3) is 0.391. The Bertz CT molecular complexity index is 1180. The Morgan fingerprint density at radius 2 is 1.87 bits per heavy atom. The molecule has 0 saturated carbocycles. The minimum Gasteiger partial charge on any atom is -0.383 e. The molecule has 3 N–H and O–H groups in total. The number of H-pyrrole nitrogens is 1. The van der Waals surface area contributed by atoms with Gasteiger partial charge in [0.2, 0.25) is 0 Å². The molecule has 0 spiro atoms. The average Bonchev–Trinajstić information content (AvgIpc) is 2.77. The third-order valence-electron chi connectivity index (χ3n) is 5.33. The van der Waals surface area contributed by atoms with E-state index in [2.05, 4.69) is 16.9 Å². The van der Waals surface area contributed by atoms with Gasteiger partial charge in [-0.05, 0) is 31.0 Å². The molecular weight excluding hydrogens is 394 g/mol. The standard InChI is InChI=1S/C23H29N5O3/c1-3-5-7-15-27(19-20(24)28(14-6-4-2)23(31)26-21(19)29)22(30)17-10-8-12-18-16(17)11-9-13-25-18/h8-13H,3-7,14-15,24H2,1-2H3,(H,26,29,31). The van der Waals surface area contributed by atoms with Crippen molar-refractivity contribution in [1.29, 1.82) is 0 Å². The lowest BCUT2D eigenvalue weighted by molar-refractivity contribution is 0.0987. The minimum atomic E-state index is -0.654. The molecule has 0 bridgehead atoms. The predicted octanol–water partition coefficient (Wildman–Crippen LogP) is 3.30. The zero-order chi connectivity index (χ0) is 22.4.